The lowest BCUT2D eigenvalue weighted by Crippen LogP contribution is -2.49. The minimum Gasteiger partial charge on any atom is -0.450 e. The summed E-state index contributed by atoms with van der Waals surface area (Å²) in [6.45, 7) is 4.57. The van der Waals surface area contributed by atoms with Crippen LogP contribution >= 0.6 is 11.8 Å². The number of fused-ring (bicyclic) bond motifs is 1. The van der Waals surface area contributed by atoms with Gasteiger partial charge in [0.15, 0.2) is 11.2 Å². The van der Waals surface area contributed by atoms with Crippen LogP contribution in [0.1, 0.15) is 13.3 Å². The van der Waals surface area contributed by atoms with Crippen molar-refractivity contribution in [1.29, 1.82) is 0 Å². The predicted octanol–water partition coefficient (Wildman–Crippen LogP) is 0.860. The van der Waals surface area contributed by atoms with Crippen LogP contribution in [-0.2, 0) is 18.3 Å². The van der Waals surface area contributed by atoms with Crippen LogP contribution in [0.4, 0.5) is 10.7 Å². The number of hydrogen-bond acceptors (Lipinski definition) is 10. The Morgan fingerprint density at radius 1 is 1.13 bits per heavy atom. The predicted molar refractivity (Wildman–Crippen MR) is 141 cm³/mol. The SMILES string of the molecule is CCOC(=O)N1CCN(c2nc3c(c(=O)[nH]c(=O)n3C)n2CCCSc2nnnn2-c2ccccc2)CC1. The van der Waals surface area contributed by atoms with Crippen molar-refractivity contribution in [3.63, 3.8) is 0 Å². The first-order valence-corrected chi connectivity index (χ1v) is 13.3. The van der Waals surface area contributed by atoms with E-state index in [9.17, 15) is 14.4 Å². The van der Waals surface area contributed by atoms with Gasteiger partial charge < -0.3 is 19.1 Å². The fraction of sp³-hybridized carbons (Fsp3) is 0.435. The number of hydrogen-bond donors (Lipinski definition) is 1. The molecule has 38 heavy (non-hydrogen) atoms. The molecule has 4 heterocycles. The van der Waals surface area contributed by atoms with Crippen LogP contribution in [0.15, 0.2) is 45.1 Å². The molecule has 1 aliphatic rings. The highest BCUT2D eigenvalue weighted by molar-refractivity contribution is 7.99. The number of nitrogens with one attached hydrogen (secondary N) is 1. The van der Waals surface area contributed by atoms with Gasteiger partial charge in [0.1, 0.15) is 0 Å². The number of rotatable bonds is 8. The number of carbonyl (C=O) groups excluding carboxylic acids is 1. The number of imidazole rings is 1. The number of piperazine rings is 1. The molecule has 0 unspecified atom stereocenters. The molecule has 4 aromatic rings. The Hall–Kier alpha value is -4.14. The summed E-state index contributed by atoms with van der Waals surface area (Å²) < 4.78 is 10.0. The summed E-state index contributed by atoms with van der Waals surface area (Å²) in [7, 11) is 1.58. The molecule has 0 saturated carbocycles. The summed E-state index contributed by atoms with van der Waals surface area (Å²) in [5.41, 5.74) is 0.537. The number of aromatic nitrogens is 8. The van der Waals surface area contributed by atoms with Crippen LogP contribution in [0.5, 0.6) is 0 Å². The van der Waals surface area contributed by atoms with Gasteiger partial charge in [0, 0.05) is 45.5 Å². The van der Waals surface area contributed by atoms with Crippen LogP contribution < -0.4 is 16.1 Å². The molecule has 0 aliphatic carbocycles. The number of ether oxygens (including phenoxy) is 1. The number of H-pyrrole nitrogens is 1. The van der Waals surface area contributed by atoms with Crippen molar-refractivity contribution in [1.82, 2.24) is 44.2 Å². The summed E-state index contributed by atoms with van der Waals surface area (Å²) in [5, 5.41) is 12.7. The first-order valence-electron chi connectivity index (χ1n) is 12.3. The molecule has 5 rings (SSSR count). The lowest BCUT2D eigenvalue weighted by molar-refractivity contribution is 0.105. The van der Waals surface area contributed by atoms with E-state index in [-0.39, 0.29) is 6.09 Å². The maximum atomic E-state index is 12.9. The molecule has 14 nitrogen and oxygen atoms in total. The van der Waals surface area contributed by atoms with Crippen LogP contribution in [0.2, 0.25) is 0 Å². The monoisotopic (exact) mass is 540 g/mol. The molecule has 0 bridgehead atoms. The number of tetrazole rings is 1. The number of nitrogens with zero attached hydrogens (tertiary/aromatic N) is 9. The largest absolute Gasteiger partial charge is 0.450 e. The Kier molecular flexibility index (Phi) is 7.44. The van der Waals surface area contributed by atoms with Crippen molar-refractivity contribution in [2.24, 2.45) is 7.05 Å². The molecule has 200 valence electrons. The number of carbonyl (C=O) groups is 1. The van der Waals surface area contributed by atoms with Crippen LogP contribution in [0.25, 0.3) is 16.9 Å². The van der Waals surface area contributed by atoms with Crippen molar-refractivity contribution in [2.45, 2.75) is 25.0 Å². The van der Waals surface area contributed by atoms with E-state index in [0.29, 0.717) is 73.8 Å². The van der Waals surface area contributed by atoms with E-state index in [4.69, 9.17) is 9.72 Å². The zero-order chi connectivity index (χ0) is 26.6. The highest BCUT2D eigenvalue weighted by Crippen LogP contribution is 2.24. The molecule has 1 amide bonds. The molecule has 15 heteroatoms. The van der Waals surface area contributed by atoms with Gasteiger partial charge in [-0.25, -0.2) is 9.59 Å². The van der Waals surface area contributed by atoms with Gasteiger partial charge in [0.2, 0.25) is 11.1 Å². The second-order valence-corrected chi connectivity index (χ2v) is 9.70. The summed E-state index contributed by atoms with van der Waals surface area (Å²) in [6.07, 6.45) is 0.352. The Balaban J connectivity index is 1.35. The van der Waals surface area contributed by atoms with Crippen LogP contribution in [0.3, 0.4) is 0 Å². The van der Waals surface area contributed by atoms with Gasteiger partial charge in [-0.2, -0.15) is 9.67 Å². The highest BCUT2D eigenvalue weighted by atomic mass is 32.2. The number of benzene rings is 1. The third-order valence-electron chi connectivity index (χ3n) is 6.27. The van der Waals surface area contributed by atoms with Crippen molar-refractivity contribution < 1.29 is 9.53 Å². The normalized spacial score (nSPS) is 13.8. The second-order valence-electron chi connectivity index (χ2n) is 8.64. The third kappa shape index (κ3) is 5.01. The number of aryl methyl sites for hydroxylation is 2. The van der Waals surface area contributed by atoms with Gasteiger partial charge in [-0.1, -0.05) is 30.0 Å². The molecule has 0 spiro atoms. The third-order valence-corrected chi connectivity index (χ3v) is 7.28. The summed E-state index contributed by atoms with van der Waals surface area (Å²) >= 11 is 1.52. The van der Waals surface area contributed by atoms with E-state index in [0.717, 1.165) is 5.69 Å². The van der Waals surface area contributed by atoms with Crippen molar-refractivity contribution >= 4 is 35.0 Å². The van der Waals surface area contributed by atoms with E-state index in [1.54, 1.807) is 23.6 Å². The van der Waals surface area contributed by atoms with Gasteiger partial charge >= 0.3 is 11.8 Å². The first kappa shape index (κ1) is 25.5. The lowest BCUT2D eigenvalue weighted by atomic mass is 10.3. The fourth-order valence-corrected chi connectivity index (χ4v) is 5.18. The zero-order valence-corrected chi connectivity index (χ0v) is 21.9. The van der Waals surface area contributed by atoms with Gasteiger partial charge in [0.25, 0.3) is 5.56 Å². The number of thioether (sulfide) groups is 1. The first-order chi connectivity index (χ1) is 18.5. The molecule has 1 fully saturated rings. The maximum Gasteiger partial charge on any atom is 0.409 e. The molecular formula is C23H28N10O4S. The maximum absolute atomic E-state index is 12.9. The molecule has 3 aromatic heterocycles. The number of amides is 1. The highest BCUT2D eigenvalue weighted by Gasteiger charge is 2.27. The Bertz CT molecular complexity index is 1540. The van der Waals surface area contributed by atoms with Gasteiger partial charge in [-0.05, 0) is 35.9 Å². The molecule has 1 aliphatic heterocycles. The molecule has 1 aromatic carbocycles. The van der Waals surface area contributed by atoms with Crippen LogP contribution in [-0.4, -0.2) is 88.8 Å². The number of para-hydroxylation sites is 1. The van der Waals surface area contributed by atoms with Crippen molar-refractivity contribution in [3.8, 4) is 5.69 Å². The van der Waals surface area contributed by atoms with Crippen molar-refractivity contribution in [3.05, 3.63) is 51.2 Å². The van der Waals surface area contributed by atoms with Gasteiger partial charge in [-0.3, -0.25) is 14.3 Å². The fourth-order valence-electron chi connectivity index (χ4n) is 4.37. The topological polar surface area (TPSA) is 149 Å². The molecule has 0 atom stereocenters. The smallest absolute Gasteiger partial charge is 0.409 e. The minimum absolute atomic E-state index is 0.321. The second kappa shape index (κ2) is 11.1. The van der Waals surface area contributed by atoms with Gasteiger partial charge in [-0.15, -0.1) is 5.10 Å². The standard InChI is InChI=1S/C23H28N10O4S/c1-3-37-23(36)31-13-11-30(12-14-31)20-24-18-17(19(34)25-21(35)29(18)2)32(20)10-7-15-38-22-26-27-28-33(22)16-8-5-4-6-9-16/h4-6,8-9H,3,7,10-15H2,1-2H3,(H,25,34,35). The van der Waals surface area contributed by atoms with E-state index in [1.165, 1.54) is 16.3 Å². The number of anilines is 1. The number of aromatic amines is 1. The minimum atomic E-state index is -0.519. The molecule has 1 saturated heterocycles. The molecule has 0 radical (unpaired) electrons. The molecular weight excluding hydrogens is 512 g/mol. The average molecular weight is 541 g/mol. The summed E-state index contributed by atoms with van der Waals surface area (Å²) in [4.78, 5) is 48.0. The average Bonchev–Trinajstić information content (AvgIpc) is 3.56. The Morgan fingerprint density at radius 2 is 1.89 bits per heavy atom. The van der Waals surface area contributed by atoms with Crippen LogP contribution in [0, 0.1) is 0 Å². The Morgan fingerprint density at radius 3 is 2.63 bits per heavy atom. The summed E-state index contributed by atoms with van der Waals surface area (Å²) in [5.74, 6) is 1.28. The Labute approximate surface area is 221 Å². The molecule has 1 N–H and O–H groups in total. The van der Waals surface area contributed by atoms with Gasteiger partial charge in [0.05, 0.1) is 12.3 Å². The lowest BCUT2D eigenvalue weighted by Gasteiger charge is -2.34. The van der Waals surface area contributed by atoms with E-state index < -0.39 is 11.2 Å². The van der Waals surface area contributed by atoms with E-state index in [2.05, 4.69) is 20.5 Å². The van der Waals surface area contributed by atoms with Crippen molar-refractivity contribution in [2.75, 3.05) is 43.4 Å². The summed E-state index contributed by atoms with van der Waals surface area (Å²) in [6, 6.07) is 9.65. The quantitative estimate of drug-likeness (QED) is 0.252. The van der Waals surface area contributed by atoms with E-state index in [1.807, 2.05) is 39.8 Å². The zero-order valence-electron chi connectivity index (χ0n) is 21.1. The van der Waals surface area contributed by atoms with E-state index >= 15 is 0 Å².